The number of nitrogens with one attached hydrogen (secondary N) is 1. The molecule has 1 N–H and O–H groups in total. The van der Waals surface area contributed by atoms with Gasteiger partial charge in [-0.1, -0.05) is 15.9 Å². The van der Waals surface area contributed by atoms with Crippen molar-refractivity contribution in [1.82, 2.24) is 0 Å². The second-order valence-electron chi connectivity index (χ2n) is 4.71. The Morgan fingerprint density at radius 3 is 2.57 bits per heavy atom. The number of rotatable bonds is 2. The van der Waals surface area contributed by atoms with Crippen molar-refractivity contribution in [3.8, 4) is 11.5 Å². The predicted molar refractivity (Wildman–Crippen MR) is 79.7 cm³/mol. The highest BCUT2D eigenvalue weighted by atomic mass is 79.9. The van der Waals surface area contributed by atoms with Gasteiger partial charge in [0.2, 0.25) is 6.79 Å². The standard InChI is InChI=1S/C15H9BrF3NO3/c16-11-3-2-9(6-10(11)15(17,18)19)20-14(21)8-1-4-12-13(5-8)23-7-22-12/h1-6H,7H2,(H,20,21). The molecule has 0 spiro atoms. The average Bonchev–Trinajstić information content (AvgIpc) is 2.95. The Hall–Kier alpha value is -2.22. The Bertz CT molecular complexity index is 777. The van der Waals surface area contributed by atoms with Gasteiger partial charge in [-0.25, -0.2) is 0 Å². The molecule has 23 heavy (non-hydrogen) atoms. The van der Waals surface area contributed by atoms with Crippen LogP contribution in [0.4, 0.5) is 18.9 Å². The third kappa shape index (κ3) is 3.26. The summed E-state index contributed by atoms with van der Waals surface area (Å²) < 4.78 is 48.8. The molecule has 0 fully saturated rings. The molecule has 1 heterocycles. The van der Waals surface area contributed by atoms with E-state index in [1.807, 2.05) is 0 Å². The molecule has 1 aliphatic heterocycles. The van der Waals surface area contributed by atoms with Crippen molar-refractivity contribution in [3.63, 3.8) is 0 Å². The van der Waals surface area contributed by atoms with Crippen LogP contribution in [0.2, 0.25) is 0 Å². The third-order valence-corrected chi connectivity index (χ3v) is 3.86. The lowest BCUT2D eigenvalue weighted by atomic mass is 10.1. The number of carbonyl (C=O) groups is 1. The summed E-state index contributed by atoms with van der Waals surface area (Å²) in [5.74, 6) is 0.396. The Labute approximate surface area is 137 Å². The average molecular weight is 388 g/mol. The van der Waals surface area contributed by atoms with E-state index in [2.05, 4.69) is 21.2 Å². The van der Waals surface area contributed by atoms with Crippen molar-refractivity contribution in [2.75, 3.05) is 12.1 Å². The first kappa shape index (κ1) is 15.7. The maximum absolute atomic E-state index is 12.9. The highest BCUT2D eigenvalue weighted by Gasteiger charge is 2.33. The number of ether oxygens (including phenoxy) is 2. The minimum Gasteiger partial charge on any atom is -0.454 e. The first-order valence-corrected chi connectivity index (χ1v) is 7.21. The SMILES string of the molecule is O=C(Nc1ccc(Br)c(C(F)(F)F)c1)c1ccc2c(c1)OCO2. The molecule has 0 saturated carbocycles. The van der Waals surface area contributed by atoms with E-state index in [9.17, 15) is 18.0 Å². The fraction of sp³-hybridized carbons (Fsp3) is 0.133. The van der Waals surface area contributed by atoms with Gasteiger partial charge in [0.05, 0.1) is 5.56 Å². The topological polar surface area (TPSA) is 47.6 Å². The Morgan fingerprint density at radius 1 is 1.09 bits per heavy atom. The Morgan fingerprint density at radius 2 is 1.83 bits per heavy atom. The van der Waals surface area contributed by atoms with Crippen LogP contribution < -0.4 is 14.8 Å². The molecule has 0 unspecified atom stereocenters. The summed E-state index contributed by atoms with van der Waals surface area (Å²) in [4.78, 5) is 12.2. The van der Waals surface area contributed by atoms with Crippen molar-refractivity contribution in [1.29, 1.82) is 0 Å². The molecule has 0 saturated heterocycles. The number of halogens is 4. The fourth-order valence-corrected chi connectivity index (χ4v) is 2.53. The first-order chi connectivity index (χ1) is 10.8. The third-order valence-electron chi connectivity index (χ3n) is 3.16. The van der Waals surface area contributed by atoms with Crippen LogP contribution in [-0.4, -0.2) is 12.7 Å². The number of amides is 1. The van der Waals surface area contributed by atoms with Crippen LogP contribution in [-0.2, 0) is 6.18 Å². The molecule has 4 nitrogen and oxygen atoms in total. The first-order valence-electron chi connectivity index (χ1n) is 6.42. The molecular weight excluding hydrogens is 379 g/mol. The van der Waals surface area contributed by atoms with Gasteiger partial charge in [0.1, 0.15) is 0 Å². The van der Waals surface area contributed by atoms with Crippen LogP contribution in [0.5, 0.6) is 11.5 Å². The molecule has 0 atom stereocenters. The van der Waals surface area contributed by atoms with Gasteiger partial charge in [-0.05, 0) is 36.4 Å². The summed E-state index contributed by atoms with van der Waals surface area (Å²) in [7, 11) is 0. The van der Waals surface area contributed by atoms with Crippen molar-refractivity contribution in [3.05, 3.63) is 52.0 Å². The van der Waals surface area contributed by atoms with E-state index in [4.69, 9.17) is 9.47 Å². The number of benzene rings is 2. The summed E-state index contributed by atoms with van der Waals surface area (Å²) in [5.41, 5.74) is -0.560. The van der Waals surface area contributed by atoms with E-state index in [1.165, 1.54) is 24.3 Å². The largest absolute Gasteiger partial charge is 0.454 e. The van der Waals surface area contributed by atoms with Gasteiger partial charge >= 0.3 is 6.18 Å². The number of fused-ring (bicyclic) bond motifs is 1. The van der Waals surface area contributed by atoms with Crippen molar-refractivity contribution < 1.29 is 27.4 Å². The van der Waals surface area contributed by atoms with Gasteiger partial charge in [-0.2, -0.15) is 13.2 Å². The summed E-state index contributed by atoms with van der Waals surface area (Å²) in [6.07, 6.45) is -4.52. The molecule has 1 aliphatic rings. The van der Waals surface area contributed by atoms with Gasteiger partial charge in [-0.15, -0.1) is 0 Å². The summed E-state index contributed by atoms with van der Waals surface area (Å²) in [5, 5.41) is 2.43. The maximum Gasteiger partial charge on any atom is 0.417 e. The van der Waals surface area contributed by atoms with E-state index in [0.29, 0.717) is 11.5 Å². The fourth-order valence-electron chi connectivity index (χ4n) is 2.06. The van der Waals surface area contributed by atoms with Crippen LogP contribution in [0.1, 0.15) is 15.9 Å². The van der Waals surface area contributed by atoms with Crippen molar-refractivity contribution in [2.45, 2.75) is 6.18 Å². The molecule has 8 heteroatoms. The van der Waals surface area contributed by atoms with Crippen LogP contribution in [0.3, 0.4) is 0 Å². The van der Waals surface area contributed by atoms with E-state index < -0.39 is 17.6 Å². The Balaban J connectivity index is 1.83. The predicted octanol–water partition coefficient (Wildman–Crippen LogP) is 4.45. The van der Waals surface area contributed by atoms with Crippen LogP contribution in [0.15, 0.2) is 40.9 Å². The van der Waals surface area contributed by atoms with Gasteiger partial charge in [0.25, 0.3) is 5.91 Å². The quantitative estimate of drug-likeness (QED) is 0.827. The molecular formula is C15H9BrF3NO3. The second-order valence-corrected chi connectivity index (χ2v) is 5.57. The molecule has 2 aromatic carbocycles. The van der Waals surface area contributed by atoms with E-state index in [-0.39, 0.29) is 22.5 Å². The number of anilines is 1. The molecule has 0 bridgehead atoms. The maximum atomic E-state index is 12.9. The van der Waals surface area contributed by atoms with Crippen LogP contribution in [0.25, 0.3) is 0 Å². The van der Waals surface area contributed by atoms with Gasteiger partial charge in [0, 0.05) is 15.7 Å². The molecule has 3 rings (SSSR count). The van der Waals surface area contributed by atoms with Crippen LogP contribution in [0, 0.1) is 0 Å². The Kier molecular flexibility index (Phi) is 3.93. The highest BCUT2D eigenvalue weighted by Crippen LogP contribution is 2.37. The van der Waals surface area contributed by atoms with E-state index >= 15 is 0 Å². The molecule has 1 amide bonds. The number of hydrogen-bond acceptors (Lipinski definition) is 3. The molecule has 0 radical (unpaired) electrons. The summed E-state index contributed by atoms with van der Waals surface area (Å²) >= 11 is 2.85. The van der Waals surface area contributed by atoms with E-state index in [1.54, 1.807) is 6.07 Å². The smallest absolute Gasteiger partial charge is 0.417 e. The molecule has 0 aromatic heterocycles. The monoisotopic (exact) mass is 387 g/mol. The number of carbonyl (C=O) groups excluding carboxylic acids is 1. The lowest BCUT2D eigenvalue weighted by Gasteiger charge is -2.12. The van der Waals surface area contributed by atoms with Gasteiger partial charge in [0.15, 0.2) is 11.5 Å². The van der Waals surface area contributed by atoms with Crippen molar-refractivity contribution in [2.24, 2.45) is 0 Å². The zero-order valence-corrected chi connectivity index (χ0v) is 13.0. The minimum atomic E-state index is -4.52. The highest BCUT2D eigenvalue weighted by molar-refractivity contribution is 9.10. The zero-order chi connectivity index (χ0) is 16.6. The van der Waals surface area contributed by atoms with Gasteiger partial charge in [-0.3, -0.25) is 4.79 Å². The van der Waals surface area contributed by atoms with Crippen LogP contribution >= 0.6 is 15.9 Å². The second kappa shape index (κ2) is 5.77. The van der Waals surface area contributed by atoms with Crippen molar-refractivity contribution >= 4 is 27.5 Å². The molecule has 120 valence electrons. The lowest BCUT2D eigenvalue weighted by Crippen LogP contribution is -2.13. The molecule has 0 aliphatic carbocycles. The number of alkyl halides is 3. The lowest BCUT2D eigenvalue weighted by molar-refractivity contribution is -0.138. The molecule has 2 aromatic rings. The zero-order valence-electron chi connectivity index (χ0n) is 11.4. The van der Waals surface area contributed by atoms with Gasteiger partial charge < -0.3 is 14.8 Å². The summed E-state index contributed by atoms with van der Waals surface area (Å²) in [6.45, 7) is 0.0715. The minimum absolute atomic E-state index is 0.0446. The number of hydrogen-bond donors (Lipinski definition) is 1. The normalized spacial score (nSPS) is 13.0. The summed E-state index contributed by atoms with van der Waals surface area (Å²) in [6, 6.07) is 8.03. The van der Waals surface area contributed by atoms with E-state index in [0.717, 1.165) is 6.07 Å².